The van der Waals surface area contributed by atoms with Crippen LogP contribution in [0.25, 0.3) is 22.0 Å². The number of carbonyl (C=O) groups excluding carboxylic acids is 1. The Balaban J connectivity index is 0.00000210. The zero-order valence-corrected chi connectivity index (χ0v) is 16.8. The fourth-order valence-electron chi connectivity index (χ4n) is 2.89. The largest absolute Gasteiger partial charge is 0.290 e. The highest BCUT2D eigenvalue weighted by Crippen LogP contribution is 2.22. The molecule has 0 aliphatic carbocycles. The number of benzene rings is 3. The molecule has 0 aliphatic heterocycles. The minimum atomic E-state index is 0. The Bertz CT molecular complexity index is 1080. The van der Waals surface area contributed by atoms with E-state index in [9.17, 15) is 4.79 Å². The van der Waals surface area contributed by atoms with Crippen molar-refractivity contribution in [3.63, 3.8) is 0 Å². The molecule has 0 saturated carbocycles. The molecular formula is C22H17BrClN2O+. The van der Waals surface area contributed by atoms with Gasteiger partial charge in [0.1, 0.15) is 0 Å². The van der Waals surface area contributed by atoms with Crippen molar-refractivity contribution in [2.45, 2.75) is 6.54 Å². The van der Waals surface area contributed by atoms with Gasteiger partial charge in [-0.2, -0.15) is 0 Å². The number of nitrogens with zero attached hydrogens (tertiary/aromatic N) is 2. The molecule has 0 spiro atoms. The van der Waals surface area contributed by atoms with Gasteiger partial charge in [-0.1, -0.05) is 41.9 Å². The summed E-state index contributed by atoms with van der Waals surface area (Å²) < 4.78 is 1.78. The maximum atomic E-state index is 12.3. The van der Waals surface area contributed by atoms with E-state index in [1.165, 1.54) is 10.8 Å². The molecule has 134 valence electrons. The number of fused-ring (bicyclic) bond motifs is 1. The van der Waals surface area contributed by atoms with Crippen LogP contribution in [0.15, 0.2) is 85.3 Å². The van der Waals surface area contributed by atoms with E-state index >= 15 is 0 Å². The van der Waals surface area contributed by atoms with Crippen molar-refractivity contribution < 1.29 is 9.36 Å². The van der Waals surface area contributed by atoms with Gasteiger partial charge < -0.3 is 0 Å². The zero-order valence-electron chi connectivity index (χ0n) is 14.4. The van der Waals surface area contributed by atoms with Crippen LogP contribution in [0.2, 0.25) is 5.02 Å². The monoisotopic (exact) mass is 439 g/mol. The molecule has 5 heteroatoms. The molecule has 3 nitrogen and oxygen atoms in total. The molecule has 0 bridgehead atoms. The average molecular weight is 441 g/mol. The smallest absolute Gasteiger partial charge is 0.287 e. The second-order valence-electron chi connectivity index (χ2n) is 6.11. The molecule has 0 fully saturated rings. The molecule has 3 aromatic carbocycles. The lowest BCUT2D eigenvalue weighted by Crippen LogP contribution is -2.37. The molecule has 0 amide bonds. The van der Waals surface area contributed by atoms with E-state index in [0.717, 1.165) is 11.3 Å². The van der Waals surface area contributed by atoms with Gasteiger partial charge in [-0.05, 0) is 52.2 Å². The minimum Gasteiger partial charge on any atom is -0.290 e. The van der Waals surface area contributed by atoms with Crippen molar-refractivity contribution >= 4 is 45.1 Å². The van der Waals surface area contributed by atoms with Crippen LogP contribution in [0.3, 0.4) is 0 Å². The summed E-state index contributed by atoms with van der Waals surface area (Å²) in [5.74, 6) is 0.0203. The number of ketones is 1. The highest BCUT2D eigenvalue weighted by atomic mass is 79.9. The van der Waals surface area contributed by atoms with Crippen molar-refractivity contribution in [1.29, 1.82) is 0 Å². The molecule has 1 heterocycles. The summed E-state index contributed by atoms with van der Waals surface area (Å²) >= 11 is 5.86. The molecule has 1 aromatic heterocycles. The maximum Gasteiger partial charge on any atom is 0.287 e. The number of Topliss-reactive ketones (excluding diaryl/α,β-unsaturated/α-hetero) is 1. The van der Waals surface area contributed by atoms with Crippen molar-refractivity contribution in [3.8, 4) is 11.3 Å². The van der Waals surface area contributed by atoms with Gasteiger partial charge in [0.2, 0.25) is 5.78 Å². The lowest BCUT2D eigenvalue weighted by molar-refractivity contribution is -0.686. The second-order valence-corrected chi connectivity index (χ2v) is 6.55. The first-order valence-electron chi connectivity index (χ1n) is 8.32. The fourth-order valence-corrected chi connectivity index (χ4v) is 3.02. The lowest BCUT2D eigenvalue weighted by Gasteiger charge is -2.02. The average Bonchev–Trinajstić information content (AvgIpc) is 2.68. The normalized spacial score (nSPS) is 10.4. The van der Waals surface area contributed by atoms with E-state index in [-0.39, 0.29) is 29.3 Å². The summed E-state index contributed by atoms with van der Waals surface area (Å²) in [5.41, 5.74) is 2.58. The van der Waals surface area contributed by atoms with E-state index in [1.807, 2.05) is 24.4 Å². The summed E-state index contributed by atoms with van der Waals surface area (Å²) in [5, 5.41) is 3.01. The Labute approximate surface area is 173 Å². The summed E-state index contributed by atoms with van der Waals surface area (Å²) in [7, 11) is 0. The van der Waals surface area contributed by atoms with Gasteiger partial charge in [-0.25, -0.2) is 4.57 Å². The van der Waals surface area contributed by atoms with Gasteiger partial charge >= 0.3 is 0 Å². The van der Waals surface area contributed by atoms with E-state index in [4.69, 9.17) is 11.6 Å². The van der Waals surface area contributed by atoms with Crippen molar-refractivity contribution in [2.24, 2.45) is 0 Å². The Morgan fingerprint density at radius 3 is 2.37 bits per heavy atom. The first-order valence-corrected chi connectivity index (χ1v) is 8.70. The van der Waals surface area contributed by atoms with E-state index in [0.29, 0.717) is 10.6 Å². The van der Waals surface area contributed by atoms with Crippen LogP contribution in [-0.4, -0.2) is 10.8 Å². The van der Waals surface area contributed by atoms with Gasteiger partial charge in [-0.15, -0.1) is 17.0 Å². The quantitative estimate of drug-likeness (QED) is 0.318. The van der Waals surface area contributed by atoms with Crippen molar-refractivity contribution in [1.82, 2.24) is 4.98 Å². The highest BCUT2D eigenvalue weighted by Gasteiger charge is 2.12. The Morgan fingerprint density at radius 2 is 1.67 bits per heavy atom. The zero-order chi connectivity index (χ0) is 17.9. The first kappa shape index (κ1) is 19.2. The van der Waals surface area contributed by atoms with Gasteiger partial charge in [-0.3, -0.25) is 4.79 Å². The van der Waals surface area contributed by atoms with E-state index in [2.05, 4.69) is 35.3 Å². The van der Waals surface area contributed by atoms with Crippen LogP contribution in [0, 0.1) is 0 Å². The third-order valence-electron chi connectivity index (χ3n) is 4.31. The van der Waals surface area contributed by atoms with Crippen molar-refractivity contribution in [2.75, 3.05) is 0 Å². The maximum absolute atomic E-state index is 12.3. The molecule has 0 unspecified atom stereocenters. The van der Waals surface area contributed by atoms with Crippen LogP contribution >= 0.6 is 28.6 Å². The number of carbonyl (C=O) groups is 1. The van der Waals surface area contributed by atoms with E-state index < -0.39 is 0 Å². The highest BCUT2D eigenvalue weighted by molar-refractivity contribution is 8.93. The third-order valence-corrected chi connectivity index (χ3v) is 4.56. The first-order chi connectivity index (χ1) is 12.7. The molecule has 0 radical (unpaired) electrons. The SMILES string of the molecule is Br.O=C(C[n+]1ccc(-c2ccc3ccccc3c2)nc1)c1ccc(Cl)cc1. The number of aromatic nitrogens is 2. The topological polar surface area (TPSA) is 33.8 Å². The summed E-state index contributed by atoms with van der Waals surface area (Å²) in [4.78, 5) is 16.8. The van der Waals surface area contributed by atoms with Crippen molar-refractivity contribution in [3.05, 3.63) is 95.9 Å². The third kappa shape index (κ3) is 4.41. The minimum absolute atomic E-state index is 0. The molecule has 4 rings (SSSR count). The van der Waals surface area contributed by atoms with Gasteiger partial charge in [0.05, 0.1) is 6.20 Å². The van der Waals surface area contributed by atoms with Gasteiger partial charge in [0.15, 0.2) is 12.2 Å². The molecule has 0 saturated heterocycles. The Hall–Kier alpha value is -2.56. The Morgan fingerprint density at radius 1 is 0.926 bits per heavy atom. The standard InChI is InChI=1S/C22H16ClN2O.BrH/c23-20-9-7-17(8-10-20)22(26)14-25-12-11-21(24-15-25)19-6-5-16-3-1-2-4-18(16)13-19;/h1-13,15H,14H2;1H/q+1;. The second kappa shape index (κ2) is 8.42. The summed E-state index contributed by atoms with van der Waals surface area (Å²) in [6.45, 7) is 0.243. The summed E-state index contributed by atoms with van der Waals surface area (Å²) in [6.07, 6.45) is 3.57. The van der Waals surface area contributed by atoms with Crippen LogP contribution in [-0.2, 0) is 6.54 Å². The van der Waals surface area contributed by atoms with Gasteiger partial charge in [0, 0.05) is 22.2 Å². The number of halogens is 2. The predicted molar refractivity (Wildman–Crippen MR) is 113 cm³/mol. The number of hydrogen-bond donors (Lipinski definition) is 0. The molecule has 0 aliphatic rings. The lowest BCUT2D eigenvalue weighted by atomic mass is 10.1. The van der Waals surface area contributed by atoms with E-state index in [1.54, 1.807) is 35.2 Å². The van der Waals surface area contributed by atoms with Gasteiger partial charge in [0.25, 0.3) is 6.33 Å². The Kier molecular flexibility index (Phi) is 5.99. The molecule has 0 atom stereocenters. The molecule has 0 N–H and O–H groups in total. The fraction of sp³-hybridized carbons (Fsp3) is 0.0455. The van der Waals surface area contributed by atoms with Crippen LogP contribution in [0.5, 0.6) is 0 Å². The molecule has 27 heavy (non-hydrogen) atoms. The van der Waals surface area contributed by atoms with Crippen LogP contribution in [0.1, 0.15) is 10.4 Å². The summed E-state index contributed by atoms with van der Waals surface area (Å²) in [6, 6.07) is 23.4. The molecule has 4 aromatic rings. The van der Waals surface area contributed by atoms with Crippen LogP contribution < -0.4 is 4.57 Å². The number of hydrogen-bond acceptors (Lipinski definition) is 2. The van der Waals surface area contributed by atoms with Crippen LogP contribution in [0.4, 0.5) is 0 Å². The molecular weight excluding hydrogens is 424 g/mol. The number of rotatable bonds is 4. The predicted octanol–water partition coefficient (Wildman–Crippen LogP) is 5.30.